The number of nitrogens with zero attached hydrogens (tertiary/aromatic N) is 2. The topological polar surface area (TPSA) is 86.9 Å². The molecule has 1 amide bonds. The number of nitrogens with two attached hydrogens (primary N) is 2. The van der Waals surface area contributed by atoms with E-state index in [1.807, 2.05) is 23.6 Å². The number of benzene rings is 1. The van der Waals surface area contributed by atoms with Crippen molar-refractivity contribution in [1.82, 2.24) is 9.55 Å². The summed E-state index contributed by atoms with van der Waals surface area (Å²) in [5, 5.41) is 0. The molecule has 2 aromatic rings. The molecule has 1 aromatic heterocycles. The van der Waals surface area contributed by atoms with Crippen LogP contribution in [-0.4, -0.2) is 15.5 Å². The molecule has 96 valence electrons. The molecule has 0 spiro atoms. The van der Waals surface area contributed by atoms with E-state index in [1.165, 1.54) is 0 Å². The van der Waals surface area contributed by atoms with E-state index < -0.39 is 5.54 Å². The number of aryl methyl sites for hydroxylation is 1. The van der Waals surface area contributed by atoms with Crippen LogP contribution < -0.4 is 11.5 Å². The van der Waals surface area contributed by atoms with Gasteiger partial charge in [-0.25, -0.2) is 4.98 Å². The zero-order valence-corrected chi connectivity index (χ0v) is 10.9. The average molecular weight is 246 g/mol. The molecular formula is C13H18N4O. The van der Waals surface area contributed by atoms with Gasteiger partial charge in [0.2, 0.25) is 5.91 Å². The van der Waals surface area contributed by atoms with Crippen LogP contribution in [0.1, 0.15) is 26.6 Å². The summed E-state index contributed by atoms with van der Waals surface area (Å²) < 4.78 is 1.89. The summed E-state index contributed by atoms with van der Waals surface area (Å²) in [6.07, 6.45) is 0.727. The van der Waals surface area contributed by atoms with E-state index in [2.05, 4.69) is 4.98 Å². The lowest BCUT2D eigenvalue weighted by Gasteiger charge is -2.25. The van der Waals surface area contributed by atoms with Gasteiger partial charge in [0.05, 0.1) is 11.0 Å². The van der Waals surface area contributed by atoms with Crippen LogP contribution in [0.15, 0.2) is 18.2 Å². The first-order valence-corrected chi connectivity index (χ1v) is 5.95. The third kappa shape index (κ3) is 1.72. The zero-order chi connectivity index (χ0) is 13.5. The molecule has 18 heavy (non-hydrogen) atoms. The van der Waals surface area contributed by atoms with E-state index in [-0.39, 0.29) is 5.91 Å². The summed E-state index contributed by atoms with van der Waals surface area (Å²) >= 11 is 0. The van der Waals surface area contributed by atoms with E-state index >= 15 is 0 Å². The number of hydrogen-bond donors (Lipinski definition) is 2. The van der Waals surface area contributed by atoms with E-state index in [4.69, 9.17) is 11.5 Å². The molecular weight excluding hydrogens is 228 g/mol. The Labute approximate surface area is 106 Å². The Hall–Kier alpha value is -2.04. The Morgan fingerprint density at radius 2 is 2.11 bits per heavy atom. The molecule has 0 unspecified atom stereocenters. The van der Waals surface area contributed by atoms with E-state index in [0.29, 0.717) is 5.69 Å². The van der Waals surface area contributed by atoms with Crippen molar-refractivity contribution in [3.8, 4) is 0 Å². The number of amides is 1. The molecule has 4 N–H and O–H groups in total. The van der Waals surface area contributed by atoms with Crippen molar-refractivity contribution < 1.29 is 4.79 Å². The fraction of sp³-hybridized carbons (Fsp3) is 0.385. The minimum atomic E-state index is -0.809. The van der Waals surface area contributed by atoms with Crippen molar-refractivity contribution in [2.24, 2.45) is 5.73 Å². The highest BCUT2D eigenvalue weighted by atomic mass is 16.1. The average Bonchev–Trinajstić information content (AvgIpc) is 2.66. The number of carbonyl (C=O) groups is 1. The van der Waals surface area contributed by atoms with Crippen LogP contribution in [0.4, 0.5) is 5.69 Å². The highest BCUT2D eigenvalue weighted by Gasteiger charge is 2.31. The largest absolute Gasteiger partial charge is 0.399 e. The SMILES string of the molecule is CCc1nc2cc(N)ccc2n1C(C)(C)C(N)=O. The number of primary amides is 1. The molecule has 0 aliphatic carbocycles. The summed E-state index contributed by atoms with van der Waals surface area (Å²) in [6.45, 7) is 5.59. The van der Waals surface area contributed by atoms with Gasteiger partial charge in [-0.15, -0.1) is 0 Å². The molecule has 0 fully saturated rings. The highest BCUT2D eigenvalue weighted by molar-refractivity contribution is 5.86. The number of fused-ring (bicyclic) bond motifs is 1. The number of hydrogen-bond acceptors (Lipinski definition) is 3. The molecule has 0 radical (unpaired) electrons. The molecule has 0 atom stereocenters. The smallest absolute Gasteiger partial charge is 0.243 e. The first-order valence-electron chi connectivity index (χ1n) is 5.95. The number of carbonyl (C=O) groups excluding carboxylic acids is 1. The van der Waals surface area contributed by atoms with E-state index in [0.717, 1.165) is 23.3 Å². The lowest BCUT2D eigenvalue weighted by atomic mass is 10.0. The zero-order valence-electron chi connectivity index (χ0n) is 10.9. The van der Waals surface area contributed by atoms with Gasteiger partial charge in [-0.3, -0.25) is 4.79 Å². The Bertz CT molecular complexity index is 613. The Morgan fingerprint density at radius 1 is 1.44 bits per heavy atom. The van der Waals surface area contributed by atoms with Crippen LogP contribution in [0.3, 0.4) is 0 Å². The highest BCUT2D eigenvalue weighted by Crippen LogP contribution is 2.26. The molecule has 2 rings (SSSR count). The summed E-state index contributed by atoms with van der Waals surface area (Å²) in [5.41, 5.74) is 12.8. The van der Waals surface area contributed by atoms with Crippen molar-refractivity contribution in [3.05, 3.63) is 24.0 Å². The number of nitrogen functional groups attached to an aromatic ring is 1. The first-order chi connectivity index (χ1) is 8.37. The summed E-state index contributed by atoms with van der Waals surface area (Å²) in [6, 6.07) is 5.49. The van der Waals surface area contributed by atoms with Crippen LogP contribution in [0.25, 0.3) is 11.0 Å². The second-order valence-corrected chi connectivity index (χ2v) is 4.89. The van der Waals surface area contributed by atoms with Gasteiger partial charge in [-0.1, -0.05) is 6.92 Å². The fourth-order valence-electron chi connectivity index (χ4n) is 2.12. The molecule has 0 saturated heterocycles. The molecule has 0 aliphatic rings. The minimum Gasteiger partial charge on any atom is -0.399 e. The normalized spacial score (nSPS) is 11.9. The summed E-state index contributed by atoms with van der Waals surface area (Å²) in [5.74, 6) is 0.452. The van der Waals surface area contributed by atoms with Gasteiger partial charge in [-0.05, 0) is 32.0 Å². The molecule has 0 saturated carbocycles. The van der Waals surface area contributed by atoms with Gasteiger partial charge in [-0.2, -0.15) is 0 Å². The predicted octanol–water partition coefficient (Wildman–Crippen LogP) is 1.40. The van der Waals surface area contributed by atoms with Crippen LogP contribution in [0.2, 0.25) is 0 Å². The third-order valence-corrected chi connectivity index (χ3v) is 3.23. The molecule has 1 heterocycles. The van der Waals surface area contributed by atoms with Gasteiger partial charge in [0.1, 0.15) is 11.4 Å². The van der Waals surface area contributed by atoms with Gasteiger partial charge < -0.3 is 16.0 Å². The molecule has 1 aromatic carbocycles. The summed E-state index contributed by atoms with van der Waals surface area (Å²) in [4.78, 5) is 16.2. The number of aromatic nitrogens is 2. The van der Waals surface area contributed by atoms with Crippen LogP contribution in [-0.2, 0) is 16.8 Å². The first kappa shape index (κ1) is 12.4. The Balaban J connectivity index is 2.79. The lowest BCUT2D eigenvalue weighted by molar-refractivity contribution is -0.125. The van der Waals surface area contributed by atoms with Crippen molar-refractivity contribution in [2.75, 3.05) is 5.73 Å². The second kappa shape index (κ2) is 4.01. The minimum absolute atomic E-state index is 0.381. The maximum absolute atomic E-state index is 11.6. The molecule has 5 nitrogen and oxygen atoms in total. The van der Waals surface area contributed by atoms with Gasteiger partial charge in [0, 0.05) is 12.1 Å². The number of anilines is 1. The monoisotopic (exact) mass is 246 g/mol. The Kier molecular flexibility index (Phi) is 2.77. The maximum atomic E-state index is 11.6. The van der Waals surface area contributed by atoms with E-state index in [1.54, 1.807) is 19.9 Å². The number of imidazole rings is 1. The molecule has 0 bridgehead atoms. The summed E-state index contributed by atoms with van der Waals surface area (Å²) in [7, 11) is 0. The van der Waals surface area contributed by atoms with Crippen molar-refractivity contribution in [1.29, 1.82) is 0 Å². The molecule has 5 heteroatoms. The number of rotatable bonds is 3. The third-order valence-electron chi connectivity index (χ3n) is 3.23. The maximum Gasteiger partial charge on any atom is 0.243 e. The van der Waals surface area contributed by atoms with Crippen LogP contribution in [0.5, 0.6) is 0 Å². The van der Waals surface area contributed by atoms with Gasteiger partial charge in [0.25, 0.3) is 0 Å². The van der Waals surface area contributed by atoms with Crippen molar-refractivity contribution >= 4 is 22.6 Å². The lowest BCUT2D eigenvalue weighted by Crippen LogP contribution is -2.41. The second-order valence-electron chi connectivity index (χ2n) is 4.89. The van der Waals surface area contributed by atoms with Gasteiger partial charge in [0.15, 0.2) is 0 Å². The Morgan fingerprint density at radius 3 is 2.67 bits per heavy atom. The van der Waals surface area contributed by atoms with E-state index in [9.17, 15) is 4.79 Å². The molecule has 0 aliphatic heterocycles. The fourth-order valence-corrected chi connectivity index (χ4v) is 2.12. The van der Waals surface area contributed by atoms with Crippen molar-refractivity contribution in [3.63, 3.8) is 0 Å². The van der Waals surface area contributed by atoms with Crippen LogP contribution >= 0.6 is 0 Å². The van der Waals surface area contributed by atoms with Crippen molar-refractivity contribution in [2.45, 2.75) is 32.7 Å². The van der Waals surface area contributed by atoms with Crippen LogP contribution in [0, 0.1) is 0 Å². The van der Waals surface area contributed by atoms with Gasteiger partial charge >= 0.3 is 0 Å². The standard InChI is InChI=1S/C13H18N4O/c1-4-11-16-9-7-8(14)5-6-10(9)17(11)13(2,3)12(15)18/h5-7H,4,14H2,1-3H3,(H2,15,18). The quantitative estimate of drug-likeness (QED) is 0.802. The predicted molar refractivity (Wildman–Crippen MR) is 72.0 cm³/mol.